The Labute approximate surface area is 232 Å². The van der Waals surface area contributed by atoms with Crippen molar-refractivity contribution in [2.24, 2.45) is 11.7 Å². The lowest BCUT2D eigenvalue weighted by atomic mass is 9.80. The molecule has 0 aliphatic heterocycles. The second-order valence-corrected chi connectivity index (χ2v) is 10.3. The number of hydrogen-bond acceptors (Lipinski definition) is 9. The Morgan fingerprint density at radius 1 is 0.872 bits per heavy atom. The van der Waals surface area contributed by atoms with Crippen LogP contribution in [0.25, 0.3) is 0 Å². The molecule has 8 N–H and O–H groups in total. The first kappa shape index (κ1) is 34.4. The van der Waals surface area contributed by atoms with E-state index in [1.165, 1.54) is 6.92 Å². The Morgan fingerprint density at radius 2 is 1.44 bits per heavy atom. The van der Waals surface area contributed by atoms with E-state index in [2.05, 4.69) is 35.1 Å². The highest BCUT2D eigenvalue weighted by Crippen LogP contribution is 2.10. The molecule has 1 rings (SSSR count). The molecule has 12 heteroatoms. The maximum Gasteiger partial charge on any atom is 0.488 e. The van der Waals surface area contributed by atoms with Crippen LogP contribution in [0.5, 0.6) is 0 Å². The Bertz CT molecular complexity index is 912. The van der Waals surface area contributed by atoms with E-state index in [0.717, 1.165) is 18.4 Å². The van der Waals surface area contributed by atoms with Crippen molar-refractivity contribution >= 4 is 36.0 Å². The summed E-state index contributed by atoms with van der Waals surface area (Å²) in [6.07, 6.45) is 3.75. The van der Waals surface area contributed by atoms with E-state index < -0.39 is 31.3 Å². The number of carbonyl (C=O) groups is 4. The molecule has 0 heterocycles. The summed E-state index contributed by atoms with van der Waals surface area (Å²) in [5.41, 5.74) is 6.30. The van der Waals surface area contributed by atoms with Crippen LogP contribution < -0.4 is 32.5 Å². The smallest absolute Gasteiger partial charge is 0.423 e. The fourth-order valence-corrected chi connectivity index (χ4v) is 4.21. The number of amides is 2. The third-order valence-corrected chi connectivity index (χ3v) is 6.62. The Balaban J connectivity index is 2.74. The highest BCUT2D eigenvalue weighted by Gasteiger charge is 2.24. The van der Waals surface area contributed by atoms with Crippen LogP contribution in [0, 0.1) is 5.92 Å². The van der Waals surface area contributed by atoms with Crippen LogP contribution in [-0.4, -0.2) is 85.4 Å². The number of Topliss-reactive ketones (excluding diaryl/α,β-unsaturated/α-hetero) is 3. The molecule has 0 aliphatic carbocycles. The molecule has 0 saturated carbocycles. The zero-order valence-corrected chi connectivity index (χ0v) is 23.7. The highest BCUT2D eigenvalue weighted by atomic mass is 16.4. The van der Waals surface area contributed by atoms with Gasteiger partial charge in [0.15, 0.2) is 11.6 Å². The minimum atomic E-state index is -1.55. The second-order valence-electron chi connectivity index (χ2n) is 10.3. The summed E-state index contributed by atoms with van der Waals surface area (Å²) >= 11 is 0. The molecule has 0 radical (unpaired) electrons. The zero-order valence-electron chi connectivity index (χ0n) is 23.7. The molecule has 0 saturated heterocycles. The Hall–Kier alpha value is -2.64. The van der Waals surface area contributed by atoms with E-state index in [-0.39, 0.29) is 30.4 Å². The molecular weight excluding hydrogens is 501 g/mol. The average Bonchev–Trinajstić information content (AvgIpc) is 2.87. The van der Waals surface area contributed by atoms with E-state index in [9.17, 15) is 29.2 Å². The molecule has 11 nitrogen and oxygen atoms in total. The van der Waals surface area contributed by atoms with Crippen LogP contribution in [0.3, 0.4) is 0 Å². The number of urea groups is 1. The van der Waals surface area contributed by atoms with Crippen molar-refractivity contribution in [1.29, 1.82) is 0 Å². The number of hydrogen-bond donors (Lipinski definition) is 7. The van der Waals surface area contributed by atoms with Crippen LogP contribution in [-0.2, 0) is 20.8 Å². The lowest BCUT2D eigenvalue weighted by Crippen LogP contribution is -2.49. The summed E-state index contributed by atoms with van der Waals surface area (Å²) in [5.74, 6) is 0.178. The number of benzene rings is 1. The third kappa shape index (κ3) is 14.4. The van der Waals surface area contributed by atoms with Gasteiger partial charge in [-0.15, -0.1) is 0 Å². The summed E-state index contributed by atoms with van der Waals surface area (Å²) in [5, 5.41) is 30.2. The highest BCUT2D eigenvalue weighted by molar-refractivity contribution is 6.58. The fraction of sp³-hybridized carbons (Fsp3) is 0.630. The first-order valence-corrected chi connectivity index (χ1v) is 13.6. The predicted octanol–water partition coefficient (Wildman–Crippen LogP) is -0.585. The molecule has 218 valence electrons. The molecule has 39 heavy (non-hydrogen) atoms. The van der Waals surface area contributed by atoms with Crippen LogP contribution in [0.2, 0.25) is 0 Å². The molecule has 2 amide bonds. The van der Waals surface area contributed by atoms with Gasteiger partial charge in [0.1, 0.15) is 5.78 Å². The quantitative estimate of drug-likeness (QED) is 0.0782. The summed E-state index contributed by atoms with van der Waals surface area (Å²) in [6.45, 7) is 6.02. The first-order chi connectivity index (χ1) is 18.4. The summed E-state index contributed by atoms with van der Waals surface area (Å²) in [4.78, 5) is 49.0. The lowest BCUT2D eigenvalue weighted by Gasteiger charge is -2.22. The Kier molecular flexibility index (Phi) is 16.4. The van der Waals surface area contributed by atoms with Crippen molar-refractivity contribution in [2.75, 3.05) is 26.7 Å². The monoisotopic (exact) mass is 547 g/mol. The van der Waals surface area contributed by atoms with E-state index in [4.69, 9.17) is 5.73 Å². The maximum absolute atomic E-state index is 13.1. The van der Waals surface area contributed by atoms with Gasteiger partial charge in [0.05, 0.1) is 31.2 Å². The number of rotatable bonds is 21. The van der Waals surface area contributed by atoms with Gasteiger partial charge in [-0.3, -0.25) is 14.4 Å². The first-order valence-electron chi connectivity index (χ1n) is 13.6. The Morgan fingerprint density at radius 3 is 1.95 bits per heavy atom. The number of carbonyl (C=O) groups excluding carboxylic acids is 4. The van der Waals surface area contributed by atoms with Gasteiger partial charge in [-0.25, -0.2) is 4.79 Å². The normalized spacial score (nSPS) is 13.5. The molecule has 0 bridgehead atoms. The molecule has 0 aromatic heterocycles. The summed E-state index contributed by atoms with van der Waals surface area (Å²) in [6, 6.07) is 4.55. The van der Waals surface area contributed by atoms with Gasteiger partial charge in [-0.1, -0.05) is 51.0 Å². The number of nitrogens with two attached hydrogens (primary N) is 1. The SMILES string of the molecule is CN[C@@H](Cc1ccc(B(O)O)cc1)C(=O)CN[C@@H](CCCC(C)C)C(=O)CN[C@@H](CCCNC(N)=O)C(C)=O. The van der Waals surface area contributed by atoms with Gasteiger partial charge < -0.3 is 37.0 Å². The fourth-order valence-electron chi connectivity index (χ4n) is 4.21. The zero-order chi connectivity index (χ0) is 29.4. The molecule has 0 spiro atoms. The van der Waals surface area contributed by atoms with Crippen LogP contribution in [0.1, 0.15) is 58.4 Å². The molecule has 0 aliphatic rings. The van der Waals surface area contributed by atoms with Gasteiger partial charge in [0.2, 0.25) is 0 Å². The van der Waals surface area contributed by atoms with E-state index in [1.807, 2.05) is 0 Å². The van der Waals surface area contributed by atoms with Crippen molar-refractivity contribution in [2.45, 2.75) is 77.4 Å². The van der Waals surface area contributed by atoms with Crippen molar-refractivity contribution in [3.05, 3.63) is 29.8 Å². The van der Waals surface area contributed by atoms with Crippen molar-refractivity contribution < 1.29 is 29.2 Å². The van der Waals surface area contributed by atoms with Crippen molar-refractivity contribution in [1.82, 2.24) is 21.3 Å². The van der Waals surface area contributed by atoms with Gasteiger partial charge in [-0.2, -0.15) is 0 Å². The molecule has 0 unspecified atom stereocenters. The predicted molar refractivity (Wildman–Crippen MR) is 153 cm³/mol. The van der Waals surface area contributed by atoms with Crippen molar-refractivity contribution in [3.63, 3.8) is 0 Å². The average molecular weight is 548 g/mol. The standard InChI is InChI=1S/C27H46BN5O6/c1-18(2)7-5-8-23(25(35)16-32-22(19(3)34)9-6-14-31-27(29)37)33-17-26(36)24(30-4)15-20-10-12-21(13-11-20)28(38)39/h10-13,18,22-24,30,32-33,38-39H,5-9,14-17H2,1-4H3,(H3,29,31,37)/t22-,23-,24-/m0/s1. The van der Waals surface area contributed by atoms with Gasteiger partial charge in [0, 0.05) is 6.54 Å². The number of primary amides is 1. The summed E-state index contributed by atoms with van der Waals surface area (Å²) < 4.78 is 0. The van der Waals surface area contributed by atoms with E-state index in [0.29, 0.717) is 43.6 Å². The third-order valence-electron chi connectivity index (χ3n) is 6.62. The van der Waals surface area contributed by atoms with E-state index >= 15 is 0 Å². The largest absolute Gasteiger partial charge is 0.488 e. The lowest BCUT2D eigenvalue weighted by molar-refractivity contribution is -0.122. The molecule has 1 aromatic carbocycles. The van der Waals surface area contributed by atoms with Crippen LogP contribution in [0.4, 0.5) is 4.79 Å². The van der Waals surface area contributed by atoms with Gasteiger partial charge in [-0.05, 0) is 56.6 Å². The molecule has 3 atom stereocenters. The van der Waals surface area contributed by atoms with Crippen LogP contribution in [0.15, 0.2) is 24.3 Å². The maximum atomic E-state index is 13.1. The van der Waals surface area contributed by atoms with Crippen LogP contribution >= 0.6 is 0 Å². The van der Waals surface area contributed by atoms with Gasteiger partial charge in [0.25, 0.3) is 0 Å². The minimum Gasteiger partial charge on any atom is -0.423 e. The van der Waals surface area contributed by atoms with Gasteiger partial charge >= 0.3 is 13.1 Å². The van der Waals surface area contributed by atoms with E-state index in [1.54, 1.807) is 31.3 Å². The van der Waals surface area contributed by atoms with Crippen molar-refractivity contribution in [3.8, 4) is 0 Å². The summed E-state index contributed by atoms with van der Waals surface area (Å²) in [7, 11) is 0.152. The molecule has 0 fully saturated rings. The second kappa shape index (κ2) is 18.6. The number of likely N-dealkylation sites (N-methyl/N-ethyl adjacent to an activating group) is 1. The minimum absolute atomic E-state index is 0.00591. The number of nitrogens with one attached hydrogen (secondary N) is 4. The topological polar surface area (TPSA) is 183 Å². The molecular formula is C27H46BN5O6. The molecule has 1 aromatic rings. The number of ketones is 3.